The number of carbonyl (C=O) groups is 2. The first-order chi connectivity index (χ1) is 8.52. The highest BCUT2D eigenvalue weighted by molar-refractivity contribution is 5.75. The monoisotopic (exact) mass is 254 g/mol. The Kier molecular flexibility index (Phi) is 5.16. The number of aromatic nitrogens is 2. The Hall–Kier alpha value is -2.05. The van der Waals surface area contributed by atoms with Gasteiger partial charge in [-0.2, -0.15) is 5.10 Å². The number of nitrogens with one attached hydrogen (secondary N) is 2. The van der Waals surface area contributed by atoms with E-state index in [-0.39, 0.29) is 18.5 Å². The van der Waals surface area contributed by atoms with Crippen molar-refractivity contribution in [3.05, 3.63) is 18.0 Å². The summed E-state index contributed by atoms with van der Waals surface area (Å²) in [5.74, 6) is -0.917. The molecule has 1 aromatic heterocycles. The second-order valence-corrected chi connectivity index (χ2v) is 4.12. The van der Waals surface area contributed by atoms with Gasteiger partial charge in [0, 0.05) is 24.8 Å². The average molecular weight is 254 g/mol. The maximum Gasteiger partial charge on any atom is 0.317 e. The minimum atomic E-state index is -0.917. The highest BCUT2D eigenvalue weighted by atomic mass is 16.4. The molecule has 0 fully saturated rings. The molecule has 1 unspecified atom stereocenters. The number of aliphatic carboxylic acids is 1. The van der Waals surface area contributed by atoms with E-state index in [0.29, 0.717) is 13.0 Å². The second kappa shape index (κ2) is 6.63. The van der Waals surface area contributed by atoms with Crippen molar-refractivity contribution in [1.29, 1.82) is 0 Å². The molecule has 1 rings (SSSR count). The van der Waals surface area contributed by atoms with Crippen molar-refractivity contribution in [3.63, 3.8) is 0 Å². The van der Waals surface area contributed by atoms with Crippen LogP contribution in [0.4, 0.5) is 4.79 Å². The number of H-pyrrole nitrogens is 1. The Morgan fingerprint density at radius 2 is 2.33 bits per heavy atom. The standard InChI is InChI=1S/C11H18N4O3/c1-3-9(4-10(16)17)14-11(18)15(2)7-8-5-12-13-6-8/h5-6,9H,3-4,7H2,1-2H3,(H,12,13)(H,14,18)(H,16,17). The Labute approximate surface area is 105 Å². The van der Waals surface area contributed by atoms with Crippen LogP contribution in [0.5, 0.6) is 0 Å². The van der Waals surface area contributed by atoms with Crippen LogP contribution < -0.4 is 5.32 Å². The molecule has 7 heteroatoms. The van der Waals surface area contributed by atoms with E-state index in [1.54, 1.807) is 19.4 Å². The third-order valence-corrected chi connectivity index (χ3v) is 2.56. The van der Waals surface area contributed by atoms with Crippen LogP contribution in [-0.2, 0) is 11.3 Å². The zero-order valence-electron chi connectivity index (χ0n) is 10.5. The van der Waals surface area contributed by atoms with E-state index < -0.39 is 5.97 Å². The molecule has 0 aliphatic carbocycles. The van der Waals surface area contributed by atoms with Crippen LogP contribution >= 0.6 is 0 Å². The molecule has 1 heterocycles. The fourth-order valence-electron chi connectivity index (χ4n) is 1.50. The van der Waals surface area contributed by atoms with E-state index in [2.05, 4.69) is 15.5 Å². The number of carboxylic acid groups (broad SMARTS) is 1. The smallest absolute Gasteiger partial charge is 0.317 e. The number of rotatable bonds is 6. The molecule has 0 aliphatic rings. The summed E-state index contributed by atoms with van der Waals surface area (Å²) in [6.07, 6.45) is 3.86. The van der Waals surface area contributed by atoms with Crippen molar-refractivity contribution in [2.75, 3.05) is 7.05 Å². The predicted octanol–water partition coefficient (Wildman–Crippen LogP) is 0.804. The Morgan fingerprint density at radius 1 is 1.61 bits per heavy atom. The van der Waals surface area contributed by atoms with Gasteiger partial charge in [-0.25, -0.2) is 4.79 Å². The molecule has 18 heavy (non-hydrogen) atoms. The summed E-state index contributed by atoms with van der Waals surface area (Å²) in [6.45, 7) is 2.26. The van der Waals surface area contributed by atoms with Gasteiger partial charge in [-0.05, 0) is 6.42 Å². The van der Waals surface area contributed by atoms with Gasteiger partial charge in [0.2, 0.25) is 0 Å². The van der Waals surface area contributed by atoms with Crippen molar-refractivity contribution in [2.45, 2.75) is 32.4 Å². The van der Waals surface area contributed by atoms with Crippen molar-refractivity contribution >= 4 is 12.0 Å². The van der Waals surface area contributed by atoms with Crippen LogP contribution in [0.3, 0.4) is 0 Å². The maximum atomic E-state index is 11.8. The van der Waals surface area contributed by atoms with Gasteiger partial charge in [-0.3, -0.25) is 9.89 Å². The van der Waals surface area contributed by atoms with E-state index in [4.69, 9.17) is 5.11 Å². The molecule has 2 amide bonds. The zero-order chi connectivity index (χ0) is 13.5. The molecule has 0 aromatic carbocycles. The van der Waals surface area contributed by atoms with Gasteiger partial charge in [0.05, 0.1) is 19.2 Å². The van der Waals surface area contributed by atoms with Crippen LogP contribution in [0.25, 0.3) is 0 Å². The largest absolute Gasteiger partial charge is 0.481 e. The maximum absolute atomic E-state index is 11.8. The van der Waals surface area contributed by atoms with E-state index >= 15 is 0 Å². The van der Waals surface area contributed by atoms with Crippen molar-refractivity contribution in [1.82, 2.24) is 20.4 Å². The van der Waals surface area contributed by atoms with Crippen LogP contribution in [-0.4, -0.2) is 45.3 Å². The topological polar surface area (TPSA) is 98.3 Å². The molecule has 100 valence electrons. The van der Waals surface area contributed by atoms with Crippen molar-refractivity contribution < 1.29 is 14.7 Å². The van der Waals surface area contributed by atoms with Gasteiger partial charge in [-0.15, -0.1) is 0 Å². The fourth-order valence-corrected chi connectivity index (χ4v) is 1.50. The molecular formula is C11H18N4O3. The van der Waals surface area contributed by atoms with E-state index in [1.807, 2.05) is 6.92 Å². The van der Waals surface area contributed by atoms with E-state index in [1.165, 1.54) is 4.90 Å². The number of urea groups is 1. The number of aromatic amines is 1. The summed E-state index contributed by atoms with van der Waals surface area (Å²) in [5.41, 5.74) is 0.888. The molecule has 0 saturated carbocycles. The van der Waals surface area contributed by atoms with Gasteiger partial charge in [0.25, 0.3) is 0 Å². The van der Waals surface area contributed by atoms with Gasteiger partial charge >= 0.3 is 12.0 Å². The number of nitrogens with zero attached hydrogens (tertiary/aromatic N) is 2. The van der Waals surface area contributed by atoms with Crippen LogP contribution in [0, 0.1) is 0 Å². The molecule has 0 spiro atoms. The van der Waals surface area contributed by atoms with Gasteiger partial charge < -0.3 is 15.3 Å². The van der Waals surface area contributed by atoms with Gasteiger partial charge in [0.1, 0.15) is 0 Å². The molecule has 0 saturated heterocycles. The highest BCUT2D eigenvalue weighted by Gasteiger charge is 2.16. The van der Waals surface area contributed by atoms with E-state index in [9.17, 15) is 9.59 Å². The normalized spacial score (nSPS) is 11.9. The molecule has 0 aliphatic heterocycles. The first-order valence-corrected chi connectivity index (χ1v) is 5.74. The lowest BCUT2D eigenvalue weighted by Crippen LogP contribution is -2.43. The summed E-state index contributed by atoms with van der Waals surface area (Å²) in [4.78, 5) is 23.9. The number of amides is 2. The fraction of sp³-hybridized carbons (Fsp3) is 0.545. The minimum Gasteiger partial charge on any atom is -0.481 e. The van der Waals surface area contributed by atoms with E-state index in [0.717, 1.165) is 5.56 Å². The van der Waals surface area contributed by atoms with Gasteiger partial charge in [-0.1, -0.05) is 6.92 Å². The molecule has 0 radical (unpaired) electrons. The second-order valence-electron chi connectivity index (χ2n) is 4.12. The number of carboxylic acids is 1. The summed E-state index contributed by atoms with van der Waals surface area (Å²) in [6, 6.07) is -0.633. The lowest BCUT2D eigenvalue weighted by Gasteiger charge is -2.21. The molecule has 7 nitrogen and oxygen atoms in total. The lowest BCUT2D eigenvalue weighted by molar-refractivity contribution is -0.137. The zero-order valence-corrected chi connectivity index (χ0v) is 10.5. The van der Waals surface area contributed by atoms with Gasteiger partial charge in [0.15, 0.2) is 0 Å². The predicted molar refractivity (Wildman–Crippen MR) is 64.9 cm³/mol. The summed E-state index contributed by atoms with van der Waals surface area (Å²) in [5, 5.41) is 17.8. The SMILES string of the molecule is CCC(CC(=O)O)NC(=O)N(C)Cc1cn[nH]c1. The number of carbonyl (C=O) groups excluding carboxylic acids is 1. The Balaban J connectivity index is 2.45. The third-order valence-electron chi connectivity index (χ3n) is 2.56. The van der Waals surface area contributed by atoms with Crippen molar-refractivity contribution in [3.8, 4) is 0 Å². The highest BCUT2D eigenvalue weighted by Crippen LogP contribution is 2.02. The summed E-state index contributed by atoms with van der Waals surface area (Å²) in [7, 11) is 1.65. The number of hydrogen-bond acceptors (Lipinski definition) is 3. The first kappa shape index (κ1) is 14.0. The third kappa shape index (κ3) is 4.44. The average Bonchev–Trinajstić information content (AvgIpc) is 2.80. The molecule has 0 bridgehead atoms. The molecule has 1 aromatic rings. The first-order valence-electron chi connectivity index (χ1n) is 5.74. The van der Waals surface area contributed by atoms with Crippen molar-refractivity contribution in [2.24, 2.45) is 0 Å². The number of hydrogen-bond donors (Lipinski definition) is 3. The Bertz CT molecular complexity index is 391. The molecule has 3 N–H and O–H groups in total. The summed E-state index contributed by atoms with van der Waals surface area (Å²) >= 11 is 0. The Morgan fingerprint density at radius 3 is 2.83 bits per heavy atom. The molecular weight excluding hydrogens is 236 g/mol. The minimum absolute atomic E-state index is 0.0677. The summed E-state index contributed by atoms with van der Waals surface area (Å²) < 4.78 is 0. The lowest BCUT2D eigenvalue weighted by atomic mass is 10.1. The van der Waals surface area contributed by atoms with Crippen LogP contribution in [0.2, 0.25) is 0 Å². The molecule has 1 atom stereocenters. The van der Waals surface area contributed by atoms with Crippen LogP contribution in [0.1, 0.15) is 25.3 Å². The quantitative estimate of drug-likeness (QED) is 0.699. The van der Waals surface area contributed by atoms with Crippen LogP contribution in [0.15, 0.2) is 12.4 Å².